The molecule has 0 radical (unpaired) electrons. The molecule has 0 saturated heterocycles. The third kappa shape index (κ3) is 4.30. The van der Waals surface area contributed by atoms with Crippen molar-refractivity contribution in [1.82, 2.24) is 10.3 Å². The van der Waals surface area contributed by atoms with Gasteiger partial charge in [0.25, 0.3) is 5.91 Å². The lowest BCUT2D eigenvalue weighted by molar-refractivity contribution is 0.0951. The van der Waals surface area contributed by atoms with E-state index in [1.165, 1.54) is 12.3 Å². The van der Waals surface area contributed by atoms with Crippen LogP contribution in [0.1, 0.15) is 17.4 Å². The lowest BCUT2D eigenvalue weighted by Gasteiger charge is -2.05. The maximum Gasteiger partial charge on any atom is 0.269 e. The van der Waals surface area contributed by atoms with Gasteiger partial charge in [-0.15, -0.1) is 0 Å². The number of hydrogen-bond donors (Lipinski definition) is 3. The van der Waals surface area contributed by atoms with Gasteiger partial charge >= 0.3 is 0 Å². The monoisotopic (exact) mass is 272 g/mol. The van der Waals surface area contributed by atoms with Crippen LogP contribution in [0.15, 0.2) is 18.3 Å². The predicted molar refractivity (Wildman–Crippen MR) is 68.7 cm³/mol. The Hall–Kier alpha value is -1.67. The molecule has 4 N–H and O–H groups in total. The summed E-state index contributed by atoms with van der Waals surface area (Å²) in [6.45, 7) is 1.64. The summed E-state index contributed by atoms with van der Waals surface area (Å²) in [5, 5.41) is 2.49. The number of aromatic nitrogens is 1. The number of rotatable bonds is 6. The minimum Gasteiger partial charge on any atom is -0.350 e. The van der Waals surface area contributed by atoms with Crippen LogP contribution >= 0.6 is 0 Å². The predicted octanol–water partition coefficient (Wildman–Crippen LogP) is -0.468. The second kappa shape index (κ2) is 6.31. The van der Waals surface area contributed by atoms with E-state index in [1.54, 1.807) is 13.0 Å². The van der Waals surface area contributed by atoms with E-state index in [0.717, 1.165) is 0 Å². The van der Waals surface area contributed by atoms with E-state index in [0.29, 0.717) is 5.69 Å². The molecular formula is C10H16N4O3S. The van der Waals surface area contributed by atoms with Crippen LogP contribution in [0.4, 0.5) is 5.69 Å². The molecule has 1 rings (SSSR count). The molecule has 100 valence electrons. The van der Waals surface area contributed by atoms with Crippen molar-refractivity contribution in [2.24, 2.45) is 5.84 Å². The van der Waals surface area contributed by atoms with E-state index >= 15 is 0 Å². The number of carbonyl (C=O) groups is 1. The zero-order valence-corrected chi connectivity index (χ0v) is 10.8. The summed E-state index contributed by atoms with van der Waals surface area (Å²) in [4.78, 5) is 15.5. The van der Waals surface area contributed by atoms with Crippen LogP contribution in [0.25, 0.3) is 0 Å². The van der Waals surface area contributed by atoms with Crippen LogP contribution in [0.5, 0.6) is 0 Å². The summed E-state index contributed by atoms with van der Waals surface area (Å²) in [5.41, 5.74) is 3.18. The number of anilines is 1. The number of nitrogens with two attached hydrogens (primary N) is 1. The van der Waals surface area contributed by atoms with Gasteiger partial charge < -0.3 is 10.7 Å². The molecular weight excluding hydrogens is 256 g/mol. The molecule has 0 aromatic carbocycles. The number of pyridine rings is 1. The fourth-order valence-corrected chi connectivity index (χ4v) is 1.87. The van der Waals surface area contributed by atoms with E-state index in [2.05, 4.69) is 15.7 Å². The minimum atomic E-state index is -3.07. The highest BCUT2D eigenvalue weighted by Gasteiger charge is 2.10. The van der Waals surface area contributed by atoms with Gasteiger partial charge in [-0.25, -0.2) is 13.4 Å². The first-order valence-electron chi connectivity index (χ1n) is 5.40. The molecule has 1 aromatic rings. The molecule has 0 fully saturated rings. The summed E-state index contributed by atoms with van der Waals surface area (Å²) in [6, 6.07) is 3.10. The van der Waals surface area contributed by atoms with Gasteiger partial charge in [0.1, 0.15) is 5.69 Å². The fourth-order valence-electron chi connectivity index (χ4n) is 1.17. The molecule has 1 heterocycles. The number of hydrazine groups is 1. The number of hydrogen-bond acceptors (Lipinski definition) is 6. The molecule has 8 heteroatoms. The molecule has 18 heavy (non-hydrogen) atoms. The maximum absolute atomic E-state index is 11.6. The van der Waals surface area contributed by atoms with Gasteiger partial charge in [0.05, 0.1) is 17.6 Å². The van der Waals surface area contributed by atoms with Crippen LogP contribution in [0.2, 0.25) is 0 Å². The third-order valence-corrected chi connectivity index (χ3v) is 4.01. The first-order valence-corrected chi connectivity index (χ1v) is 7.22. The number of nitrogens with one attached hydrogen (secondary N) is 2. The quantitative estimate of drug-likeness (QED) is 0.476. The van der Waals surface area contributed by atoms with Gasteiger partial charge in [0.2, 0.25) is 0 Å². The summed E-state index contributed by atoms with van der Waals surface area (Å²) in [7, 11) is -3.07. The Labute approximate surface area is 106 Å². The summed E-state index contributed by atoms with van der Waals surface area (Å²) in [5.74, 6) is 4.75. The van der Waals surface area contributed by atoms with E-state index in [4.69, 9.17) is 5.84 Å². The van der Waals surface area contributed by atoms with E-state index in [9.17, 15) is 13.2 Å². The van der Waals surface area contributed by atoms with Crippen molar-refractivity contribution in [2.75, 3.05) is 23.5 Å². The van der Waals surface area contributed by atoms with Gasteiger partial charge in [-0.2, -0.15) is 0 Å². The van der Waals surface area contributed by atoms with Gasteiger partial charge in [0, 0.05) is 12.3 Å². The summed E-state index contributed by atoms with van der Waals surface area (Å²) >= 11 is 0. The average Bonchev–Trinajstić information content (AvgIpc) is 2.38. The molecule has 0 aliphatic heterocycles. The number of nitrogen functional groups attached to an aromatic ring is 1. The standard InChI is InChI=1S/C10H16N4O3S/c1-2-18(16,17)6-5-12-10(15)9-4-3-8(14-11)7-13-9/h3-4,7,14H,2,5-6,11H2,1H3,(H,12,15). The number of amides is 1. The van der Waals surface area contributed by atoms with Crippen molar-refractivity contribution in [3.63, 3.8) is 0 Å². The van der Waals surface area contributed by atoms with Crippen molar-refractivity contribution >= 4 is 21.4 Å². The van der Waals surface area contributed by atoms with Crippen molar-refractivity contribution < 1.29 is 13.2 Å². The first-order chi connectivity index (χ1) is 8.48. The second-order valence-electron chi connectivity index (χ2n) is 3.57. The molecule has 0 aliphatic carbocycles. The highest BCUT2D eigenvalue weighted by Crippen LogP contribution is 2.03. The molecule has 0 aliphatic rings. The largest absolute Gasteiger partial charge is 0.350 e. The van der Waals surface area contributed by atoms with Crippen LogP contribution in [-0.2, 0) is 9.84 Å². The normalized spacial score (nSPS) is 11.0. The minimum absolute atomic E-state index is 0.0674. The Kier molecular flexibility index (Phi) is 5.05. The highest BCUT2D eigenvalue weighted by atomic mass is 32.2. The molecule has 0 bridgehead atoms. The van der Waals surface area contributed by atoms with Crippen LogP contribution < -0.4 is 16.6 Å². The topological polar surface area (TPSA) is 114 Å². The third-order valence-electron chi connectivity index (χ3n) is 2.30. The molecule has 0 unspecified atom stereocenters. The Morgan fingerprint density at radius 2 is 2.17 bits per heavy atom. The van der Waals surface area contributed by atoms with Gasteiger partial charge in [0.15, 0.2) is 9.84 Å². The SMILES string of the molecule is CCS(=O)(=O)CCNC(=O)c1ccc(NN)cn1. The Morgan fingerprint density at radius 3 is 2.67 bits per heavy atom. The maximum atomic E-state index is 11.6. The van der Waals surface area contributed by atoms with Crippen LogP contribution in [-0.4, -0.2) is 37.4 Å². The summed E-state index contributed by atoms with van der Waals surface area (Å²) < 4.78 is 22.4. The molecule has 0 saturated carbocycles. The van der Waals surface area contributed by atoms with Gasteiger partial charge in [-0.05, 0) is 12.1 Å². The number of carbonyl (C=O) groups excluding carboxylic acids is 1. The average molecular weight is 272 g/mol. The van der Waals surface area contributed by atoms with Crippen LogP contribution in [0.3, 0.4) is 0 Å². The second-order valence-corrected chi connectivity index (χ2v) is 6.04. The summed E-state index contributed by atoms with van der Waals surface area (Å²) in [6.07, 6.45) is 1.41. The van der Waals surface area contributed by atoms with E-state index < -0.39 is 15.7 Å². The molecule has 1 aromatic heterocycles. The first kappa shape index (κ1) is 14.4. The van der Waals surface area contributed by atoms with Crippen molar-refractivity contribution in [1.29, 1.82) is 0 Å². The Balaban J connectivity index is 2.50. The van der Waals surface area contributed by atoms with Crippen molar-refractivity contribution in [3.05, 3.63) is 24.0 Å². The Bertz CT molecular complexity index is 498. The lowest BCUT2D eigenvalue weighted by Crippen LogP contribution is -2.30. The zero-order chi connectivity index (χ0) is 13.6. The molecule has 0 spiro atoms. The smallest absolute Gasteiger partial charge is 0.269 e. The number of nitrogens with zero attached hydrogens (tertiary/aromatic N) is 1. The van der Waals surface area contributed by atoms with Gasteiger partial charge in [-0.1, -0.05) is 6.92 Å². The lowest BCUT2D eigenvalue weighted by atomic mass is 10.3. The van der Waals surface area contributed by atoms with Gasteiger partial charge in [-0.3, -0.25) is 10.6 Å². The number of sulfone groups is 1. The molecule has 1 amide bonds. The Morgan fingerprint density at radius 1 is 1.44 bits per heavy atom. The van der Waals surface area contributed by atoms with Crippen molar-refractivity contribution in [3.8, 4) is 0 Å². The molecule has 7 nitrogen and oxygen atoms in total. The van der Waals surface area contributed by atoms with E-state index in [1.807, 2.05) is 0 Å². The zero-order valence-electron chi connectivity index (χ0n) is 10.0. The van der Waals surface area contributed by atoms with Crippen LogP contribution in [0, 0.1) is 0 Å². The van der Waals surface area contributed by atoms with Crippen molar-refractivity contribution in [2.45, 2.75) is 6.92 Å². The highest BCUT2D eigenvalue weighted by molar-refractivity contribution is 7.91. The fraction of sp³-hybridized carbons (Fsp3) is 0.400. The van der Waals surface area contributed by atoms with E-state index in [-0.39, 0.29) is 23.7 Å². The molecule has 0 atom stereocenters.